The summed E-state index contributed by atoms with van der Waals surface area (Å²) in [6.07, 6.45) is 7.29. The van der Waals surface area contributed by atoms with Gasteiger partial charge in [-0.2, -0.15) is 18.5 Å². The Kier molecular flexibility index (Phi) is 13.1. The number of benzene rings is 3. The molecular formula is C56H61N7O9S3. The monoisotopic (exact) mass is 1070 g/mol. The second kappa shape index (κ2) is 18.8. The van der Waals surface area contributed by atoms with Gasteiger partial charge in [0.25, 0.3) is 20.1 Å². The van der Waals surface area contributed by atoms with E-state index in [1.165, 1.54) is 21.4 Å². The molecular weight excluding hydrogens is 1010 g/mol. The molecule has 16 nitrogen and oxygen atoms in total. The summed E-state index contributed by atoms with van der Waals surface area (Å²) in [6, 6.07) is 25.1. The molecule has 4 saturated carbocycles. The average Bonchev–Trinajstić information content (AvgIpc) is 3.88. The molecule has 4 atom stereocenters. The molecule has 0 N–H and O–H groups in total. The fraction of sp³-hybridized carbons (Fsp3) is 0.411. The minimum absolute atomic E-state index is 0.00325. The summed E-state index contributed by atoms with van der Waals surface area (Å²) >= 11 is 1.18. The van der Waals surface area contributed by atoms with Crippen LogP contribution in [0.25, 0.3) is 21.3 Å². The first-order valence-corrected chi connectivity index (χ1v) is 28.7. The number of carbonyl (C=O) groups excluding carboxylic acids is 2. The van der Waals surface area contributed by atoms with Gasteiger partial charge in [0.15, 0.2) is 11.5 Å². The summed E-state index contributed by atoms with van der Waals surface area (Å²) in [7, 11) is -8.02. The maximum absolute atomic E-state index is 14.3. The number of ketones is 1. The van der Waals surface area contributed by atoms with Gasteiger partial charge in [0, 0.05) is 23.4 Å². The number of ether oxygens (including phenoxy) is 2. The van der Waals surface area contributed by atoms with E-state index in [-0.39, 0.29) is 67.0 Å². The van der Waals surface area contributed by atoms with Crippen LogP contribution in [0.4, 0.5) is 5.82 Å². The van der Waals surface area contributed by atoms with Crippen LogP contribution in [0.3, 0.4) is 0 Å². The molecule has 2 unspecified atom stereocenters. The van der Waals surface area contributed by atoms with E-state index in [9.17, 15) is 26.4 Å². The lowest BCUT2D eigenvalue weighted by molar-refractivity contribution is -0.249. The van der Waals surface area contributed by atoms with Crippen LogP contribution in [0.5, 0.6) is 0 Å². The molecule has 4 aliphatic carbocycles. The third kappa shape index (κ3) is 10.3. The van der Waals surface area contributed by atoms with E-state index in [1.54, 1.807) is 107 Å². The predicted octanol–water partition coefficient (Wildman–Crippen LogP) is 10.2. The van der Waals surface area contributed by atoms with Crippen molar-refractivity contribution in [3.05, 3.63) is 141 Å². The van der Waals surface area contributed by atoms with Crippen molar-refractivity contribution in [2.45, 2.75) is 128 Å². The third-order valence-corrected chi connectivity index (χ3v) is 18.9. The summed E-state index contributed by atoms with van der Waals surface area (Å²) in [6.45, 7) is 18.1. The normalized spacial score (nSPS) is 22.8. The van der Waals surface area contributed by atoms with Gasteiger partial charge in [-0.05, 0) is 163 Å². The number of thiazole rings is 1. The van der Waals surface area contributed by atoms with Gasteiger partial charge in [0.2, 0.25) is 10.6 Å². The largest absolute Gasteiger partial charge is 0.455 e. The lowest BCUT2D eigenvalue weighted by atomic mass is 9.39. The van der Waals surface area contributed by atoms with Gasteiger partial charge >= 0.3 is 5.97 Å². The smallest absolute Gasteiger partial charge is 0.358 e. The lowest BCUT2D eigenvalue weighted by Gasteiger charge is -2.69. The van der Waals surface area contributed by atoms with Crippen LogP contribution >= 0.6 is 11.3 Å². The summed E-state index contributed by atoms with van der Waals surface area (Å²) in [5, 5.41) is 13.5. The zero-order chi connectivity index (χ0) is 53.5. The summed E-state index contributed by atoms with van der Waals surface area (Å²) in [4.78, 5) is 38.1. The lowest BCUT2D eigenvalue weighted by Crippen LogP contribution is -2.64. The van der Waals surface area contributed by atoms with Gasteiger partial charge in [0.05, 0.1) is 45.0 Å². The van der Waals surface area contributed by atoms with Crippen molar-refractivity contribution in [2.75, 3.05) is 13.2 Å². The Morgan fingerprint density at radius 3 is 2.05 bits per heavy atom. The quantitative estimate of drug-likeness (QED) is 0.0406. The van der Waals surface area contributed by atoms with E-state index in [1.807, 2.05) is 37.6 Å². The minimum Gasteiger partial charge on any atom is -0.455 e. The highest BCUT2D eigenvalue weighted by Crippen LogP contribution is 2.72. The van der Waals surface area contributed by atoms with Crippen molar-refractivity contribution in [1.29, 1.82) is 0 Å². The Hall–Kier alpha value is -6.25. The summed E-state index contributed by atoms with van der Waals surface area (Å²) in [5.41, 5.74) is 3.01. The van der Waals surface area contributed by atoms with Gasteiger partial charge in [0.1, 0.15) is 17.0 Å². The van der Waals surface area contributed by atoms with Gasteiger partial charge < -0.3 is 9.47 Å². The molecule has 392 valence electrons. The standard InChI is InChI=1S/C56H61N7O9S3/c1-35-14-18-39(19-15-35)74(66,67)63-45-12-10-11-13-46(45)73-51(63)59-49-37(3)26-44(60-61-49)48(64)43-23-22-41(47(58-43)50(65)72-52(5,6)7)42-27-57-62(38(42)4)34-55-29-53(8)28-54(9,30-55)32-56(31-53,33-55)70-24-25-71-75(68,69)40-20-16-36(2)17-21-40/h10-23,26-27H,24-25,28-34H2,1-9H3/t53-,54+,55?,56?. The molecule has 3 aromatic carbocycles. The number of fused-ring (bicyclic) bond motifs is 1. The molecule has 0 amide bonds. The number of aromatic nitrogens is 6. The number of para-hydroxylation sites is 1. The van der Waals surface area contributed by atoms with Crippen molar-refractivity contribution >= 4 is 59.3 Å². The van der Waals surface area contributed by atoms with E-state index in [0.29, 0.717) is 33.5 Å². The highest BCUT2D eigenvalue weighted by atomic mass is 32.2. The number of carbonyl (C=O) groups is 2. The molecule has 19 heteroatoms. The molecule has 4 aliphatic rings. The number of esters is 1. The van der Waals surface area contributed by atoms with Gasteiger partial charge in [-0.25, -0.2) is 22.2 Å². The molecule has 4 fully saturated rings. The Bertz CT molecular complexity index is 3710. The molecule has 4 heterocycles. The van der Waals surface area contributed by atoms with Crippen LogP contribution in [-0.2, 0) is 40.3 Å². The minimum atomic E-state index is -4.08. The van der Waals surface area contributed by atoms with Crippen LogP contribution in [0.15, 0.2) is 112 Å². The number of nitrogens with zero attached hydrogens (tertiary/aromatic N) is 7. The highest BCUT2D eigenvalue weighted by molar-refractivity contribution is 7.90. The number of pyridine rings is 1. The van der Waals surface area contributed by atoms with E-state index < -0.39 is 43.1 Å². The van der Waals surface area contributed by atoms with Crippen molar-refractivity contribution in [3.8, 4) is 11.1 Å². The summed E-state index contributed by atoms with van der Waals surface area (Å²) in [5.74, 6) is -1.20. The first-order valence-electron chi connectivity index (χ1n) is 25.0. The third-order valence-electron chi connectivity index (χ3n) is 14.7. The van der Waals surface area contributed by atoms with Crippen LogP contribution < -0.4 is 4.80 Å². The van der Waals surface area contributed by atoms with Crippen molar-refractivity contribution in [2.24, 2.45) is 21.2 Å². The van der Waals surface area contributed by atoms with E-state index >= 15 is 0 Å². The SMILES string of the molecule is Cc1ccc(S(=O)(=O)OCCOC23CC4(Cn5ncc(-c6ccc(C(=O)c7cc(C)c(N=c8sc9ccccc9n8S(=O)(=O)c8ccc(C)cc8)nn7)nc6C(=O)OC(C)(C)C)c5C)C[C@@](C)(C2)C[C@](C)(C4)C3)cc1. The fourth-order valence-electron chi connectivity index (χ4n) is 12.8. The van der Waals surface area contributed by atoms with Crippen LogP contribution in [0.2, 0.25) is 0 Å². The zero-order valence-corrected chi connectivity index (χ0v) is 46.1. The van der Waals surface area contributed by atoms with Crippen molar-refractivity contribution in [1.82, 2.24) is 28.9 Å². The Balaban J connectivity index is 0.917. The molecule has 4 bridgehead atoms. The molecule has 11 rings (SSSR count). The summed E-state index contributed by atoms with van der Waals surface area (Å²) < 4.78 is 76.2. The molecule has 0 saturated heterocycles. The number of rotatable bonds is 15. The Morgan fingerprint density at radius 2 is 1.40 bits per heavy atom. The highest BCUT2D eigenvalue weighted by Gasteiger charge is 2.66. The van der Waals surface area contributed by atoms with E-state index in [4.69, 9.17) is 23.7 Å². The molecule has 0 spiro atoms. The second-order valence-corrected chi connectivity index (χ2v) is 27.2. The van der Waals surface area contributed by atoms with E-state index in [0.717, 1.165) is 55.3 Å². The number of aryl methyl sites for hydroxylation is 3. The Morgan fingerprint density at radius 1 is 0.747 bits per heavy atom. The van der Waals surface area contributed by atoms with Crippen LogP contribution in [0.1, 0.15) is 122 Å². The fourth-order valence-corrected chi connectivity index (χ4v) is 16.4. The van der Waals surface area contributed by atoms with Crippen LogP contribution in [0, 0.1) is 43.9 Å². The molecule has 4 aromatic heterocycles. The zero-order valence-electron chi connectivity index (χ0n) is 43.6. The van der Waals surface area contributed by atoms with Crippen LogP contribution in [-0.4, -0.2) is 81.9 Å². The first kappa shape index (κ1) is 52.2. The maximum Gasteiger partial charge on any atom is 0.358 e. The van der Waals surface area contributed by atoms with Gasteiger partial charge in [-0.3, -0.25) is 13.7 Å². The molecule has 7 aromatic rings. The molecule has 0 aliphatic heterocycles. The number of hydrogen-bond acceptors (Lipinski definition) is 15. The second-order valence-electron chi connectivity index (χ2n) is 22.8. The van der Waals surface area contributed by atoms with E-state index in [2.05, 4.69) is 29.0 Å². The predicted molar refractivity (Wildman–Crippen MR) is 284 cm³/mol. The van der Waals surface area contributed by atoms with Gasteiger partial charge in [-0.1, -0.05) is 72.7 Å². The number of hydrogen-bond donors (Lipinski definition) is 0. The van der Waals surface area contributed by atoms with Crippen molar-refractivity contribution < 1.29 is 40.1 Å². The topological polar surface area (TPSA) is 204 Å². The average molecular weight is 1070 g/mol. The molecule has 75 heavy (non-hydrogen) atoms. The first-order chi connectivity index (χ1) is 35.3. The van der Waals surface area contributed by atoms with Gasteiger partial charge in [-0.15, -0.1) is 10.2 Å². The molecule has 0 radical (unpaired) electrons. The Labute approximate surface area is 441 Å². The van der Waals surface area contributed by atoms with Crippen molar-refractivity contribution in [3.63, 3.8) is 0 Å². The maximum atomic E-state index is 14.3.